The van der Waals surface area contributed by atoms with Crippen LogP contribution in [0.25, 0.3) is 0 Å². The number of benzene rings is 1. The highest BCUT2D eigenvalue weighted by Gasteiger charge is 2.14. The second-order valence-electron chi connectivity index (χ2n) is 3.45. The molecule has 2 nitrogen and oxygen atoms in total. The number of hydrogen-bond donors (Lipinski definition) is 1. The van der Waals surface area contributed by atoms with Crippen LogP contribution in [0.4, 0.5) is 5.69 Å². The fourth-order valence-electron chi connectivity index (χ4n) is 1.46. The lowest BCUT2D eigenvalue weighted by molar-refractivity contribution is 0.706. The molecule has 1 aliphatic heterocycles. The van der Waals surface area contributed by atoms with E-state index >= 15 is 0 Å². The number of rotatable bonds is 5. The lowest BCUT2D eigenvalue weighted by Crippen LogP contribution is -2.21. The molecule has 0 amide bonds. The second-order valence-corrected chi connectivity index (χ2v) is 4.93. The molecule has 0 radical (unpaired) electrons. The van der Waals surface area contributed by atoms with E-state index in [-0.39, 0.29) is 10.9 Å². The van der Waals surface area contributed by atoms with Gasteiger partial charge in [0.05, 0.1) is 10.6 Å². The first-order valence-corrected chi connectivity index (χ1v) is 6.38. The molecule has 1 heterocycles. The van der Waals surface area contributed by atoms with Crippen molar-refractivity contribution < 1.29 is 0 Å². The van der Waals surface area contributed by atoms with Crippen molar-refractivity contribution in [2.75, 3.05) is 6.54 Å². The molecule has 0 saturated heterocycles. The largest absolute Gasteiger partial charge is 0.251 e. The van der Waals surface area contributed by atoms with Crippen LogP contribution in [-0.2, 0) is 10.9 Å². The highest BCUT2D eigenvalue weighted by Crippen LogP contribution is 2.32. The standard InChI is InChI=1S/C11H16N2S/c1-2-3-6-9-12-14-11-8-5-4-7-10(11)13-14/h4-5,7-8H,2-3,6,9H2,1H3,(H,12,13). The van der Waals surface area contributed by atoms with Gasteiger partial charge in [0.1, 0.15) is 0 Å². The molecule has 1 N–H and O–H groups in total. The van der Waals surface area contributed by atoms with Gasteiger partial charge in [-0.25, -0.2) is 4.36 Å². The van der Waals surface area contributed by atoms with E-state index in [1.54, 1.807) is 0 Å². The Morgan fingerprint density at radius 1 is 1.29 bits per heavy atom. The molecule has 1 aliphatic rings. The lowest BCUT2D eigenvalue weighted by atomic mass is 10.3. The van der Waals surface area contributed by atoms with Crippen LogP contribution >= 0.6 is 0 Å². The molecular weight excluding hydrogens is 192 g/mol. The first kappa shape index (κ1) is 9.87. The van der Waals surface area contributed by atoms with Crippen molar-refractivity contribution >= 4 is 16.6 Å². The van der Waals surface area contributed by atoms with Crippen molar-refractivity contribution in [1.29, 1.82) is 0 Å². The van der Waals surface area contributed by atoms with Crippen LogP contribution in [0.2, 0.25) is 0 Å². The summed E-state index contributed by atoms with van der Waals surface area (Å²) in [5.74, 6) is 0. The van der Waals surface area contributed by atoms with Gasteiger partial charge >= 0.3 is 0 Å². The molecule has 0 bridgehead atoms. The molecule has 1 atom stereocenters. The number of nitrogens with zero attached hydrogens (tertiary/aromatic N) is 1. The van der Waals surface area contributed by atoms with Crippen LogP contribution < -0.4 is 4.72 Å². The average molecular weight is 208 g/mol. The summed E-state index contributed by atoms with van der Waals surface area (Å²) in [7, 11) is 0.000161. The third-order valence-electron chi connectivity index (χ3n) is 2.28. The number of unbranched alkanes of at least 4 members (excludes halogenated alkanes) is 2. The van der Waals surface area contributed by atoms with Crippen molar-refractivity contribution in [1.82, 2.24) is 4.72 Å². The average Bonchev–Trinajstić information content (AvgIpc) is 2.19. The van der Waals surface area contributed by atoms with E-state index in [1.807, 2.05) is 6.07 Å². The van der Waals surface area contributed by atoms with E-state index in [1.165, 1.54) is 29.8 Å². The van der Waals surface area contributed by atoms with E-state index in [4.69, 9.17) is 0 Å². The fraction of sp³-hybridized carbons (Fsp3) is 0.455. The summed E-state index contributed by atoms with van der Waals surface area (Å²) in [6, 6.07) is 8.37. The quantitative estimate of drug-likeness (QED) is 0.738. The Balaban J connectivity index is 1.81. The predicted octanol–water partition coefficient (Wildman–Crippen LogP) is 3.19. The van der Waals surface area contributed by atoms with Gasteiger partial charge in [0, 0.05) is 17.4 Å². The minimum absolute atomic E-state index is 0.000161. The van der Waals surface area contributed by atoms with E-state index in [9.17, 15) is 0 Å². The Kier molecular flexibility index (Phi) is 3.32. The summed E-state index contributed by atoms with van der Waals surface area (Å²) in [6.07, 6.45) is 3.85. The van der Waals surface area contributed by atoms with E-state index in [2.05, 4.69) is 34.2 Å². The van der Waals surface area contributed by atoms with Crippen LogP contribution in [0.5, 0.6) is 0 Å². The van der Waals surface area contributed by atoms with Gasteiger partial charge in [-0.3, -0.25) is 4.72 Å². The van der Waals surface area contributed by atoms with E-state index in [0.717, 1.165) is 6.54 Å². The van der Waals surface area contributed by atoms with Crippen LogP contribution in [0.15, 0.2) is 33.5 Å². The van der Waals surface area contributed by atoms with Gasteiger partial charge in [-0.05, 0) is 18.6 Å². The van der Waals surface area contributed by atoms with Gasteiger partial charge in [-0.2, -0.15) is 0 Å². The molecule has 1 aromatic carbocycles. The summed E-state index contributed by atoms with van der Waals surface area (Å²) >= 11 is 0. The summed E-state index contributed by atoms with van der Waals surface area (Å²) in [5.41, 5.74) is 1.17. The van der Waals surface area contributed by atoms with E-state index < -0.39 is 0 Å². The summed E-state index contributed by atoms with van der Waals surface area (Å²) < 4.78 is 7.97. The highest BCUT2D eigenvalue weighted by molar-refractivity contribution is 7.86. The molecule has 0 saturated carbocycles. The molecular formula is C11H16N2S. The molecule has 2 rings (SSSR count). The number of nitrogens with one attached hydrogen (secondary N) is 1. The Labute approximate surface area is 88.0 Å². The fourth-order valence-corrected chi connectivity index (χ4v) is 2.86. The minimum atomic E-state index is 0.000161. The molecule has 0 fully saturated rings. The molecule has 76 valence electrons. The zero-order chi connectivity index (χ0) is 9.80. The summed E-state index contributed by atoms with van der Waals surface area (Å²) in [5, 5.41) is 0. The minimum Gasteiger partial charge on any atom is -0.251 e. The zero-order valence-electron chi connectivity index (χ0n) is 8.49. The smallest absolute Gasteiger partial charge is 0.0880 e. The maximum atomic E-state index is 4.50. The molecule has 0 spiro atoms. The first-order valence-electron chi connectivity index (χ1n) is 5.20. The molecule has 14 heavy (non-hydrogen) atoms. The SMILES string of the molecule is CCCCCNS1=Nc2ccccc21. The topological polar surface area (TPSA) is 24.4 Å². The van der Waals surface area contributed by atoms with Gasteiger partial charge in [-0.1, -0.05) is 31.9 Å². The number of fused-ring (bicyclic) bond motifs is 1. The molecule has 0 aromatic heterocycles. The Morgan fingerprint density at radius 2 is 2.14 bits per heavy atom. The molecule has 3 heteroatoms. The maximum absolute atomic E-state index is 4.50. The van der Waals surface area contributed by atoms with Gasteiger partial charge in [0.2, 0.25) is 0 Å². The highest BCUT2D eigenvalue weighted by atomic mass is 32.2. The normalized spacial score (nSPS) is 18.2. The second kappa shape index (κ2) is 4.71. The van der Waals surface area contributed by atoms with Crippen LogP contribution in [0, 0.1) is 0 Å². The van der Waals surface area contributed by atoms with Gasteiger partial charge in [0.25, 0.3) is 0 Å². The van der Waals surface area contributed by atoms with Crippen LogP contribution in [0.3, 0.4) is 0 Å². The van der Waals surface area contributed by atoms with Crippen molar-refractivity contribution in [3.05, 3.63) is 24.3 Å². The predicted molar refractivity (Wildman–Crippen MR) is 61.7 cm³/mol. The van der Waals surface area contributed by atoms with Gasteiger partial charge < -0.3 is 0 Å². The summed E-state index contributed by atoms with van der Waals surface area (Å²) in [4.78, 5) is 1.38. The van der Waals surface area contributed by atoms with Crippen molar-refractivity contribution in [2.24, 2.45) is 4.36 Å². The Bertz CT molecular complexity index is 347. The third-order valence-corrected chi connectivity index (χ3v) is 3.90. The van der Waals surface area contributed by atoms with Crippen LogP contribution in [0.1, 0.15) is 26.2 Å². The van der Waals surface area contributed by atoms with Crippen molar-refractivity contribution in [3.63, 3.8) is 0 Å². The van der Waals surface area contributed by atoms with Crippen molar-refractivity contribution in [2.45, 2.75) is 31.1 Å². The molecule has 1 aromatic rings. The van der Waals surface area contributed by atoms with Gasteiger partial charge in [-0.15, -0.1) is 0 Å². The van der Waals surface area contributed by atoms with Crippen molar-refractivity contribution in [3.8, 4) is 0 Å². The Hall–Kier alpha value is -0.670. The third kappa shape index (κ3) is 2.04. The van der Waals surface area contributed by atoms with Crippen LogP contribution in [-0.4, -0.2) is 6.54 Å². The Morgan fingerprint density at radius 3 is 2.93 bits per heavy atom. The zero-order valence-corrected chi connectivity index (χ0v) is 9.31. The molecule has 1 unspecified atom stereocenters. The summed E-state index contributed by atoms with van der Waals surface area (Å²) in [6.45, 7) is 3.32. The van der Waals surface area contributed by atoms with E-state index in [0.29, 0.717) is 0 Å². The molecule has 0 aliphatic carbocycles. The number of hydrogen-bond acceptors (Lipinski definition) is 2. The lowest BCUT2D eigenvalue weighted by Gasteiger charge is -2.19. The monoisotopic (exact) mass is 208 g/mol. The van der Waals surface area contributed by atoms with Gasteiger partial charge in [0.15, 0.2) is 0 Å². The maximum Gasteiger partial charge on any atom is 0.0880 e. The first-order chi connectivity index (χ1) is 6.92.